The first-order chi connectivity index (χ1) is 6.40. The van der Waals surface area contributed by atoms with E-state index in [0.29, 0.717) is 18.2 Å². The zero-order valence-corrected chi connectivity index (χ0v) is 9.52. The lowest BCUT2D eigenvalue weighted by Gasteiger charge is -2.32. The third kappa shape index (κ3) is 2.83. The molecule has 0 radical (unpaired) electrons. The van der Waals surface area contributed by atoms with Crippen molar-refractivity contribution in [1.29, 1.82) is 0 Å². The number of nitrogens with one attached hydrogen (secondary N) is 1. The molecule has 4 heteroatoms. The van der Waals surface area contributed by atoms with Crippen molar-refractivity contribution in [1.82, 2.24) is 5.32 Å². The first-order valence-electron chi connectivity index (χ1n) is 5.36. The molecule has 0 aromatic heterocycles. The number of halogens is 1. The van der Waals surface area contributed by atoms with Gasteiger partial charge in [-0.2, -0.15) is 0 Å². The molecule has 2 rings (SSSR count). The third-order valence-corrected chi connectivity index (χ3v) is 2.96. The molecule has 2 fully saturated rings. The quantitative estimate of drug-likeness (QED) is 0.781. The Morgan fingerprint density at radius 3 is 3.00 bits per heavy atom. The van der Waals surface area contributed by atoms with Crippen LogP contribution in [0.1, 0.15) is 26.2 Å². The van der Waals surface area contributed by atoms with Crippen molar-refractivity contribution in [2.75, 3.05) is 19.8 Å². The molecule has 0 bridgehead atoms. The molecule has 3 atom stereocenters. The van der Waals surface area contributed by atoms with E-state index in [0.717, 1.165) is 26.2 Å². The average molecular weight is 222 g/mol. The zero-order chi connectivity index (χ0) is 9.10. The Bertz CT molecular complexity index is 168. The summed E-state index contributed by atoms with van der Waals surface area (Å²) < 4.78 is 11.3. The molecule has 2 saturated heterocycles. The fourth-order valence-electron chi connectivity index (χ4n) is 2.25. The van der Waals surface area contributed by atoms with Gasteiger partial charge in [0.05, 0.1) is 18.8 Å². The summed E-state index contributed by atoms with van der Waals surface area (Å²) in [6, 6.07) is 0.623. The summed E-state index contributed by atoms with van der Waals surface area (Å²) in [6.07, 6.45) is 4.38. The minimum absolute atomic E-state index is 0. The second-order valence-corrected chi connectivity index (χ2v) is 3.88. The minimum Gasteiger partial charge on any atom is -0.379 e. The summed E-state index contributed by atoms with van der Waals surface area (Å²) in [5, 5.41) is 3.47. The topological polar surface area (TPSA) is 30.5 Å². The smallest absolute Gasteiger partial charge is 0.0813 e. The normalized spacial score (nSPS) is 36.2. The lowest BCUT2D eigenvalue weighted by molar-refractivity contribution is -0.0868. The Balaban J connectivity index is 0.000000980. The number of hydrogen-bond acceptors (Lipinski definition) is 3. The summed E-state index contributed by atoms with van der Waals surface area (Å²) in [6.45, 7) is 4.73. The maximum Gasteiger partial charge on any atom is 0.0813 e. The van der Waals surface area contributed by atoms with Crippen molar-refractivity contribution in [3.8, 4) is 0 Å². The van der Waals surface area contributed by atoms with E-state index in [1.165, 1.54) is 12.8 Å². The van der Waals surface area contributed by atoms with Crippen LogP contribution in [0.2, 0.25) is 0 Å². The lowest BCUT2D eigenvalue weighted by Crippen LogP contribution is -2.41. The van der Waals surface area contributed by atoms with Crippen LogP contribution in [0.4, 0.5) is 0 Å². The molecule has 0 aromatic rings. The summed E-state index contributed by atoms with van der Waals surface area (Å²) >= 11 is 0. The number of fused-ring (bicyclic) bond motifs is 1. The molecule has 0 saturated carbocycles. The van der Waals surface area contributed by atoms with Gasteiger partial charge in [0.15, 0.2) is 0 Å². The first kappa shape index (κ1) is 12.2. The van der Waals surface area contributed by atoms with Gasteiger partial charge >= 0.3 is 0 Å². The van der Waals surface area contributed by atoms with Gasteiger partial charge in [0.1, 0.15) is 0 Å². The van der Waals surface area contributed by atoms with Gasteiger partial charge in [0.2, 0.25) is 0 Å². The van der Waals surface area contributed by atoms with E-state index < -0.39 is 0 Å². The van der Waals surface area contributed by atoms with Crippen LogP contribution >= 0.6 is 12.4 Å². The molecule has 3 nitrogen and oxygen atoms in total. The number of hydrogen-bond donors (Lipinski definition) is 1. The van der Waals surface area contributed by atoms with Gasteiger partial charge in [0.25, 0.3) is 0 Å². The molecule has 0 aliphatic carbocycles. The van der Waals surface area contributed by atoms with Crippen molar-refractivity contribution in [3.63, 3.8) is 0 Å². The highest BCUT2D eigenvalue weighted by molar-refractivity contribution is 5.85. The summed E-state index contributed by atoms with van der Waals surface area (Å²) in [4.78, 5) is 0. The van der Waals surface area contributed by atoms with Gasteiger partial charge in [-0.1, -0.05) is 0 Å². The second kappa shape index (κ2) is 5.91. The predicted molar refractivity (Wildman–Crippen MR) is 58.0 cm³/mol. The highest BCUT2D eigenvalue weighted by atomic mass is 35.5. The second-order valence-electron chi connectivity index (χ2n) is 3.88. The summed E-state index contributed by atoms with van der Waals surface area (Å²) in [7, 11) is 0. The van der Waals surface area contributed by atoms with Gasteiger partial charge in [-0.3, -0.25) is 0 Å². The molecule has 0 spiro atoms. The molecule has 14 heavy (non-hydrogen) atoms. The highest BCUT2D eigenvalue weighted by Gasteiger charge is 2.34. The first-order valence-corrected chi connectivity index (χ1v) is 5.36. The summed E-state index contributed by atoms with van der Waals surface area (Å²) in [5.74, 6) is 0. The third-order valence-electron chi connectivity index (χ3n) is 2.96. The molecule has 0 aromatic carbocycles. The monoisotopic (exact) mass is 221 g/mol. The molecule has 0 unspecified atom stereocenters. The standard InChI is InChI=1S/C10H19NO2.ClH/c1-2-12-7-8-3-4-9-10(13-8)5-6-11-9;/h8-11H,2-7H2,1H3;1H/t8-,9-,10-;/m1./s1. The number of rotatable bonds is 3. The van der Waals surface area contributed by atoms with Crippen LogP contribution in [-0.2, 0) is 9.47 Å². The molecule has 0 amide bonds. The number of ether oxygens (including phenoxy) is 2. The van der Waals surface area contributed by atoms with E-state index in [4.69, 9.17) is 9.47 Å². The van der Waals surface area contributed by atoms with Crippen LogP contribution in [0.5, 0.6) is 0 Å². The van der Waals surface area contributed by atoms with Crippen LogP contribution in [0.3, 0.4) is 0 Å². The van der Waals surface area contributed by atoms with Crippen molar-refractivity contribution in [2.45, 2.75) is 44.4 Å². The minimum atomic E-state index is 0. The maximum absolute atomic E-state index is 5.92. The largest absolute Gasteiger partial charge is 0.379 e. The zero-order valence-electron chi connectivity index (χ0n) is 8.70. The van der Waals surface area contributed by atoms with Crippen LogP contribution in [0.25, 0.3) is 0 Å². The van der Waals surface area contributed by atoms with Crippen molar-refractivity contribution >= 4 is 12.4 Å². The lowest BCUT2D eigenvalue weighted by atomic mass is 10.0. The van der Waals surface area contributed by atoms with Gasteiger partial charge in [0, 0.05) is 12.6 Å². The molecule has 2 aliphatic heterocycles. The molecule has 84 valence electrons. The van der Waals surface area contributed by atoms with E-state index in [-0.39, 0.29) is 12.4 Å². The SMILES string of the molecule is CCOC[C@H]1CC[C@H]2NCC[C@H]2O1.Cl. The van der Waals surface area contributed by atoms with Crippen LogP contribution in [-0.4, -0.2) is 38.0 Å². The Morgan fingerprint density at radius 1 is 1.36 bits per heavy atom. The molecule has 2 aliphatic rings. The van der Waals surface area contributed by atoms with E-state index >= 15 is 0 Å². The fraction of sp³-hybridized carbons (Fsp3) is 1.00. The van der Waals surface area contributed by atoms with E-state index in [2.05, 4.69) is 5.32 Å². The fourth-order valence-corrected chi connectivity index (χ4v) is 2.25. The van der Waals surface area contributed by atoms with Crippen molar-refractivity contribution in [2.24, 2.45) is 0 Å². The van der Waals surface area contributed by atoms with E-state index in [1.54, 1.807) is 0 Å². The van der Waals surface area contributed by atoms with Gasteiger partial charge in [-0.25, -0.2) is 0 Å². The van der Waals surface area contributed by atoms with Crippen molar-refractivity contribution < 1.29 is 9.47 Å². The Hall–Kier alpha value is 0.170. The molecular weight excluding hydrogens is 202 g/mol. The maximum atomic E-state index is 5.92. The Kier molecular flexibility index (Phi) is 5.17. The summed E-state index contributed by atoms with van der Waals surface area (Å²) in [5.41, 5.74) is 0. The van der Waals surface area contributed by atoms with Gasteiger partial charge < -0.3 is 14.8 Å². The van der Waals surface area contributed by atoms with Gasteiger partial charge in [-0.15, -0.1) is 12.4 Å². The highest BCUT2D eigenvalue weighted by Crippen LogP contribution is 2.25. The molecule has 2 heterocycles. The van der Waals surface area contributed by atoms with Crippen molar-refractivity contribution in [3.05, 3.63) is 0 Å². The Labute approximate surface area is 91.9 Å². The average Bonchev–Trinajstić information content (AvgIpc) is 2.61. The predicted octanol–water partition coefficient (Wildman–Crippen LogP) is 1.35. The van der Waals surface area contributed by atoms with E-state index in [9.17, 15) is 0 Å². The molecular formula is C10H20ClNO2. The van der Waals surface area contributed by atoms with Crippen LogP contribution < -0.4 is 5.32 Å². The van der Waals surface area contributed by atoms with E-state index in [1.807, 2.05) is 6.92 Å². The Morgan fingerprint density at radius 2 is 2.21 bits per heavy atom. The van der Waals surface area contributed by atoms with Crippen LogP contribution in [0.15, 0.2) is 0 Å². The van der Waals surface area contributed by atoms with Crippen LogP contribution in [0, 0.1) is 0 Å². The molecule has 1 N–H and O–H groups in total. The van der Waals surface area contributed by atoms with Gasteiger partial charge in [-0.05, 0) is 32.7 Å².